The summed E-state index contributed by atoms with van der Waals surface area (Å²) in [6, 6.07) is 8.92. The molecule has 0 atom stereocenters. The number of carbonyl (C=O) groups excluding carboxylic acids is 2. The Morgan fingerprint density at radius 1 is 1.15 bits per heavy atom. The van der Waals surface area contributed by atoms with Crippen LogP contribution in [0.5, 0.6) is 5.75 Å². The molecule has 0 aliphatic carbocycles. The van der Waals surface area contributed by atoms with E-state index in [2.05, 4.69) is 4.74 Å². The van der Waals surface area contributed by atoms with Crippen LogP contribution in [0, 0.1) is 6.92 Å². The van der Waals surface area contributed by atoms with Crippen LogP contribution in [0.3, 0.4) is 0 Å². The first kappa shape index (κ1) is 19.8. The topological polar surface area (TPSA) is 43.4 Å². The smallest absolute Gasteiger partial charge is 0.406 e. The molecule has 0 bridgehead atoms. The van der Waals surface area contributed by atoms with Crippen molar-refractivity contribution in [1.29, 1.82) is 0 Å². The summed E-state index contributed by atoms with van der Waals surface area (Å²) >= 11 is 5.46. The van der Waals surface area contributed by atoms with Gasteiger partial charge in [0, 0.05) is 5.56 Å². The lowest BCUT2D eigenvalue weighted by atomic mass is 9.90. The summed E-state index contributed by atoms with van der Waals surface area (Å²) < 4.78 is 40.6. The van der Waals surface area contributed by atoms with E-state index >= 15 is 0 Å². The van der Waals surface area contributed by atoms with Gasteiger partial charge in [-0.2, -0.15) is 0 Å². The first-order valence-corrected chi connectivity index (χ1v) is 7.99. The number of allylic oxidation sites excluding steroid dienone is 1. The zero-order valence-electron chi connectivity index (χ0n) is 13.9. The van der Waals surface area contributed by atoms with Crippen molar-refractivity contribution in [1.82, 2.24) is 0 Å². The van der Waals surface area contributed by atoms with Gasteiger partial charge < -0.3 is 4.74 Å². The zero-order chi connectivity index (χ0) is 19.5. The van der Waals surface area contributed by atoms with Crippen molar-refractivity contribution in [3.63, 3.8) is 0 Å². The molecule has 0 aromatic heterocycles. The molecule has 26 heavy (non-hydrogen) atoms. The maximum Gasteiger partial charge on any atom is 0.573 e. The van der Waals surface area contributed by atoms with Crippen molar-refractivity contribution in [2.75, 3.05) is 0 Å². The molecule has 0 amide bonds. The monoisotopic (exact) mass is 382 g/mol. The molecular weight excluding hydrogens is 369 g/mol. The van der Waals surface area contributed by atoms with Gasteiger partial charge in [0.05, 0.1) is 0 Å². The molecule has 0 N–H and O–H groups in total. The third-order valence-electron chi connectivity index (χ3n) is 3.77. The van der Waals surface area contributed by atoms with Gasteiger partial charge in [-0.25, -0.2) is 4.79 Å². The van der Waals surface area contributed by atoms with Gasteiger partial charge in [0.2, 0.25) is 0 Å². The average Bonchev–Trinajstić information content (AvgIpc) is 2.55. The SMILES string of the molecule is CCc1cc(-c2ccc(OC(F)(F)F)cc2)cc(C)c1C(=C=O)C(=O)Cl. The lowest BCUT2D eigenvalue weighted by molar-refractivity contribution is -0.274. The zero-order valence-corrected chi connectivity index (χ0v) is 14.7. The van der Waals surface area contributed by atoms with Crippen LogP contribution < -0.4 is 4.74 Å². The van der Waals surface area contributed by atoms with Crippen molar-refractivity contribution in [3.05, 3.63) is 53.1 Å². The summed E-state index contributed by atoms with van der Waals surface area (Å²) in [7, 11) is 0. The average molecular weight is 383 g/mol. The summed E-state index contributed by atoms with van der Waals surface area (Å²) in [6.45, 7) is 3.57. The Bertz CT molecular complexity index is 880. The lowest BCUT2D eigenvalue weighted by Crippen LogP contribution is -2.16. The molecule has 7 heteroatoms. The molecule has 3 nitrogen and oxygen atoms in total. The van der Waals surface area contributed by atoms with Crippen LogP contribution in [0.1, 0.15) is 23.6 Å². The minimum absolute atomic E-state index is 0.235. The molecule has 2 aromatic carbocycles. The molecule has 0 unspecified atom stereocenters. The highest BCUT2D eigenvalue weighted by molar-refractivity contribution is 6.75. The highest BCUT2D eigenvalue weighted by atomic mass is 35.5. The molecule has 136 valence electrons. The lowest BCUT2D eigenvalue weighted by Gasteiger charge is -2.14. The standard InChI is InChI=1S/C19H14ClF3O3/c1-3-12-9-14(8-11(2)17(12)16(10-24)18(20)25)13-4-6-15(7-5-13)26-19(21,22)23/h4-9H,3H2,1-2H3. The van der Waals surface area contributed by atoms with Crippen molar-refractivity contribution in [2.24, 2.45) is 0 Å². The fourth-order valence-corrected chi connectivity index (χ4v) is 2.84. The minimum Gasteiger partial charge on any atom is -0.406 e. The van der Waals surface area contributed by atoms with E-state index in [1.807, 2.05) is 6.92 Å². The number of halogens is 4. The molecular formula is C19H14ClF3O3. The summed E-state index contributed by atoms with van der Waals surface area (Å²) in [5, 5.41) is -0.890. The molecule has 0 fully saturated rings. The maximum absolute atomic E-state index is 12.2. The van der Waals surface area contributed by atoms with Crippen molar-refractivity contribution < 1.29 is 27.5 Å². The van der Waals surface area contributed by atoms with E-state index in [0.717, 1.165) is 5.56 Å². The number of hydrogen-bond donors (Lipinski definition) is 0. The van der Waals surface area contributed by atoms with E-state index in [9.17, 15) is 22.8 Å². The van der Waals surface area contributed by atoms with Gasteiger partial charge in [0.25, 0.3) is 5.24 Å². The second-order valence-electron chi connectivity index (χ2n) is 5.50. The Hall–Kier alpha value is -2.56. The minimum atomic E-state index is -4.75. The van der Waals surface area contributed by atoms with Gasteiger partial charge >= 0.3 is 6.36 Å². The van der Waals surface area contributed by atoms with E-state index in [0.29, 0.717) is 28.7 Å². The van der Waals surface area contributed by atoms with Crippen molar-refractivity contribution in [3.8, 4) is 16.9 Å². The molecule has 0 saturated heterocycles. The van der Waals surface area contributed by atoms with Crippen LogP contribution in [0.25, 0.3) is 16.7 Å². The van der Waals surface area contributed by atoms with Crippen LogP contribution in [0.15, 0.2) is 36.4 Å². The molecule has 0 spiro atoms. The van der Waals surface area contributed by atoms with E-state index in [-0.39, 0.29) is 11.3 Å². The highest BCUT2D eigenvalue weighted by Gasteiger charge is 2.31. The number of rotatable bonds is 5. The third kappa shape index (κ3) is 4.54. The van der Waals surface area contributed by atoms with Gasteiger partial charge in [0.1, 0.15) is 17.3 Å². The molecule has 2 rings (SSSR count). The van der Waals surface area contributed by atoms with Crippen LogP contribution in [0.2, 0.25) is 0 Å². The summed E-state index contributed by atoms with van der Waals surface area (Å²) in [5.74, 6) is 1.27. The van der Waals surface area contributed by atoms with Crippen molar-refractivity contribution >= 4 is 28.4 Å². The Kier molecular flexibility index (Phi) is 5.90. The second kappa shape index (κ2) is 7.77. The Morgan fingerprint density at radius 2 is 1.77 bits per heavy atom. The number of alkyl halides is 3. The number of benzene rings is 2. The molecule has 0 heterocycles. The molecule has 2 aromatic rings. The van der Waals surface area contributed by atoms with Gasteiger partial charge in [-0.05, 0) is 59.3 Å². The van der Waals surface area contributed by atoms with Gasteiger partial charge in [-0.15, -0.1) is 13.2 Å². The summed E-state index contributed by atoms with van der Waals surface area (Å²) in [5.41, 5.74) is 2.95. The quantitative estimate of drug-likeness (QED) is 0.410. The number of ether oxygens (including phenoxy) is 1. The predicted molar refractivity (Wildman–Crippen MR) is 92.6 cm³/mol. The Morgan fingerprint density at radius 3 is 2.23 bits per heavy atom. The van der Waals surface area contributed by atoms with Gasteiger partial charge in [-0.1, -0.05) is 31.2 Å². The predicted octanol–water partition coefficient (Wildman–Crippen LogP) is 5.10. The van der Waals surface area contributed by atoms with Gasteiger partial charge in [-0.3, -0.25) is 4.79 Å². The summed E-state index contributed by atoms with van der Waals surface area (Å²) in [4.78, 5) is 22.6. The first-order valence-electron chi connectivity index (χ1n) is 7.61. The van der Waals surface area contributed by atoms with E-state index in [1.165, 1.54) is 24.3 Å². The molecule has 0 aliphatic heterocycles. The Labute approximate surface area is 153 Å². The number of hydrogen-bond acceptors (Lipinski definition) is 3. The van der Waals surface area contributed by atoms with Crippen LogP contribution >= 0.6 is 11.6 Å². The Balaban J connectivity index is 2.48. The highest BCUT2D eigenvalue weighted by Crippen LogP contribution is 2.32. The van der Waals surface area contributed by atoms with E-state index in [4.69, 9.17) is 11.6 Å². The normalized spacial score (nSPS) is 11.0. The van der Waals surface area contributed by atoms with Crippen molar-refractivity contribution in [2.45, 2.75) is 26.6 Å². The summed E-state index contributed by atoms with van der Waals surface area (Å²) in [6.07, 6.45) is -4.23. The fourth-order valence-electron chi connectivity index (χ4n) is 2.70. The van der Waals surface area contributed by atoms with Crippen LogP contribution in [0.4, 0.5) is 13.2 Å². The first-order chi connectivity index (χ1) is 12.2. The fraction of sp³-hybridized carbons (Fsp3) is 0.211. The maximum atomic E-state index is 12.2. The van der Waals surface area contributed by atoms with E-state index in [1.54, 1.807) is 25.0 Å². The van der Waals surface area contributed by atoms with Crippen LogP contribution in [-0.2, 0) is 16.0 Å². The third-order valence-corrected chi connectivity index (χ3v) is 3.96. The molecule has 0 saturated carbocycles. The molecule has 0 aliphatic rings. The van der Waals surface area contributed by atoms with Gasteiger partial charge in [0.15, 0.2) is 0 Å². The van der Waals surface area contributed by atoms with Crippen LogP contribution in [-0.4, -0.2) is 17.5 Å². The molecule has 0 radical (unpaired) electrons. The number of carbonyl (C=O) groups is 1. The largest absolute Gasteiger partial charge is 0.573 e. The second-order valence-corrected chi connectivity index (χ2v) is 5.85. The number of aryl methyl sites for hydroxylation is 2. The van der Waals surface area contributed by atoms with E-state index < -0.39 is 11.6 Å².